The molecule has 1 aromatic carbocycles. The standard InChI is InChI=1S/C18H19F4N3O4/c1-8(16(27)23-18(2,3)4)29-17(28)11-5-6-12(26)25(24-11)15-13(21)9(19)7-10(20)14(15)22/h7-8H,5-6H2,1-4H3,(H,23,27)/t8-/m1/s1. The highest BCUT2D eigenvalue weighted by Crippen LogP contribution is 2.30. The van der Waals surface area contributed by atoms with E-state index >= 15 is 0 Å². The summed E-state index contributed by atoms with van der Waals surface area (Å²) in [5.74, 6) is -9.84. The van der Waals surface area contributed by atoms with Gasteiger partial charge < -0.3 is 10.1 Å². The van der Waals surface area contributed by atoms with Crippen molar-refractivity contribution < 1.29 is 36.7 Å². The number of halogens is 4. The average molecular weight is 417 g/mol. The van der Waals surface area contributed by atoms with Crippen molar-refractivity contribution in [3.63, 3.8) is 0 Å². The Balaban J connectivity index is 2.29. The molecule has 1 heterocycles. The molecule has 11 heteroatoms. The SMILES string of the molecule is C[C@@H](OC(=O)C1=NN(c2c(F)c(F)cc(F)c2F)C(=O)CC1)C(=O)NC(C)(C)C. The van der Waals surface area contributed by atoms with Crippen molar-refractivity contribution in [3.8, 4) is 0 Å². The van der Waals surface area contributed by atoms with E-state index in [0.717, 1.165) is 0 Å². The van der Waals surface area contributed by atoms with Crippen molar-refractivity contribution >= 4 is 29.2 Å². The summed E-state index contributed by atoms with van der Waals surface area (Å²) in [4.78, 5) is 36.3. The normalized spacial score (nSPS) is 15.7. The van der Waals surface area contributed by atoms with E-state index in [2.05, 4.69) is 10.4 Å². The first-order chi connectivity index (χ1) is 13.3. The number of hydrogen-bond donors (Lipinski definition) is 1. The first-order valence-electron chi connectivity index (χ1n) is 8.58. The van der Waals surface area contributed by atoms with Crippen LogP contribution >= 0.6 is 0 Å². The van der Waals surface area contributed by atoms with E-state index in [4.69, 9.17) is 4.74 Å². The third-order valence-electron chi connectivity index (χ3n) is 3.72. The fraction of sp³-hybridized carbons (Fsp3) is 0.444. The fourth-order valence-corrected chi connectivity index (χ4v) is 2.38. The lowest BCUT2D eigenvalue weighted by atomic mass is 10.1. The number of amides is 2. The molecular weight excluding hydrogens is 398 g/mol. The van der Waals surface area contributed by atoms with Crippen LogP contribution in [0.3, 0.4) is 0 Å². The van der Waals surface area contributed by atoms with Gasteiger partial charge in [0.05, 0.1) is 0 Å². The largest absolute Gasteiger partial charge is 0.448 e. The molecule has 1 aromatic rings. The molecule has 2 rings (SSSR count). The molecule has 0 saturated carbocycles. The van der Waals surface area contributed by atoms with Gasteiger partial charge in [-0.1, -0.05) is 0 Å². The van der Waals surface area contributed by atoms with Crippen LogP contribution in [0.15, 0.2) is 11.2 Å². The number of hydrazone groups is 1. The molecule has 0 aromatic heterocycles. The second-order valence-corrected chi connectivity index (χ2v) is 7.36. The Labute approximate surface area is 163 Å². The molecular formula is C18H19F4N3O4. The number of carbonyl (C=O) groups is 3. The first kappa shape index (κ1) is 22.3. The van der Waals surface area contributed by atoms with E-state index in [-0.39, 0.29) is 17.5 Å². The summed E-state index contributed by atoms with van der Waals surface area (Å²) in [7, 11) is 0. The summed E-state index contributed by atoms with van der Waals surface area (Å²) in [5.41, 5.74) is -2.40. The van der Waals surface area contributed by atoms with Gasteiger partial charge >= 0.3 is 5.97 Å². The Morgan fingerprint density at radius 3 is 2.21 bits per heavy atom. The number of rotatable bonds is 4. The number of hydrogen-bond acceptors (Lipinski definition) is 5. The molecule has 1 aliphatic heterocycles. The van der Waals surface area contributed by atoms with Gasteiger partial charge in [0.2, 0.25) is 5.91 Å². The van der Waals surface area contributed by atoms with Crippen LogP contribution < -0.4 is 10.3 Å². The van der Waals surface area contributed by atoms with Crippen LogP contribution in [0.25, 0.3) is 0 Å². The van der Waals surface area contributed by atoms with Crippen LogP contribution in [0.4, 0.5) is 23.2 Å². The summed E-state index contributed by atoms with van der Waals surface area (Å²) in [6.07, 6.45) is -1.90. The second kappa shape index (κ2) is 8.18. The molecule has 1 atom stereocenters. The van der Waals surface area contributed by atoms with Crippen LogP contribution in [0, 0.1) is 23.3 Å². The van der Waals surface area contributed by atoms with Crippen LogP contribution in [0.1, 0.15) is 40.5 Å². The highest BCUT2D eigenvalue weighted by molar-refractivity contribution is 6.38. The number of benzene rings is 1. The highest BCUT2D eigenvalue weighted by atomic mass is 19.2. The van der Waals surface area contributed by atoms with Crippen molar-refractivity contribution in [3.05, 3.63) is 29.3 Å². The van der Waals surface area contributed by atoms with Gasteiger partial charge in [-0.2, -0.15) is 10.1 Å². The molecule has 1 N–H and O–H groups in total. The predicted molar refractivity (Wildman–Crippen MR) is 93.9 cm³/mol. The maximum Gasteiger partial charge on any atom is 0.355 e. The maximum atomic E-state index is 14.0. The Morgan fingerprint density at radius 2 is 1.69 bits per heavy atom. The molecule has 2 amide bonds. The molecule has 7 nitrogen and oxygen atoms in total. The summed E-state index contributed by atoms with van der Waals surface area (Å²) >= 11 is 0. The van der Waals surface area contributed by atoms with E-state index < -0.39 is 70.5 Å². The lowest BCUT2D eigenvalue weighted by Crippen LogP contribution is -2.47. The molecule has 0 radical (unpaired) electrons. The molecule has 0 unspecified atom stereocenters. The van der Waals surface area contributed by atoms with Crippen molar-refractivity contribution in [1.29, 1.82) is 0 Å². The average Bonchev–Trinajstić information content (AvgIpc) is 2.60. The Morgan fingerprint density at radius 1 is 1.14 bits per heavy atom. The number of nitrogens with zero attached hydrogens (tertiary/aromatic N) is 2. The van der Waals surface area contributed by atoms with E-state index in [0.29, 0.717) is 0 Å². The maximum absolute atomic E-state index is 14.0. The van der Waals surface area contributed by atoms with Crippen molar-refractivity contribution in [2.24, 2.45) is 5.10 Å². The number of nitrogens with one attached hydrogen (secondary N) is 1. The van der Waals surface area contributed by atoms with Crippen LogP contribution in [0.2, 0.25) is 0 Å². The smallest absolute Gasteiger partial charge is 0.355 e. The minimum absolute atomic E-state index is 0.0169. The van der Waals surface area contributed by atoms with Crippen LogP contribution in [0.5, 0.6) is 0 Å². The summed E-state index contributed by atoms with van der Waals surface area (Å²) in [6, 6.07) is -0.0169. The first-order valence-corrected chi connectivity index (χ1v) is 8.58. The fourth-order valence-electron chi connectivity index (χ4n) is 2.38. The molecule has 0 aliphatic carbocycles. The Bertz CT molecular complexity index is 870. The Hall–Kier alpha value is -2.98. The van der Waals surface area contributed by atoms with Crippen LogP contribution in [-0.2, 0) is 19.1 Å². The summed E-state index contributed by atoms with van der Waals surface area (Å²) in [5, 5.41) is 6.18. The molecule has 158 valence electrons. The zero-order valence-corrected chi connectivity index (χ0v) is 16.1. The second-order valence-electron chi connectivity index (χ2n) is 7.36. The molecule has 0 spiro atoms. The quantitative estimate of drug-likeness (QED) is 0.463. The van der Waals surface area contributed by atoms with Gasteiger partial charge in [0, 0.05) is 24.4 Å². The third-order valence-corrected chi connectivity index (χ3v) is 3.72. The van der Waals surface area contributed by atoms with Gasteiger partial charge in [0.15, 0.2) is 29.4 Å². The van der Waals surface area contributed by atoms with Gasteiger partial charge in [0.25, 0.3) is 5.91 Å². The van der Waals surface area contributed by atoms with Gasteiger partial charge in [-0.3, -0.25) is 9.59 Å². The van der Waals surface area contributed by atoms with Gasteiger partial charge in [-0.15, -0.1) is 0 Å². The van der Waals surface area contributed by atoms with Crippen molar-refractivity contribution in [1.82, 2.24) is 5.32 Å². The van der Waals surface area contributed by atoms with Crippen LogP contribution in [-0.4, -0.2) is 35.1 Å². The monoisotopic (exact) mass is 417 g/mol. The Kier molecular flexibility index (Phi) is 6.29. The number of carbonyl (C=O) groups excluding carboxylic acids is 3. The van der Waals surface area contributed by atoms with E-state index in [1.807, 2.05) is 0 Å². The predicted octanol–water partition coefficient (Wildman–Crippen LogP) is 2.57. The molecule has 1 aliphatic rings. The zero-order valence-electron chi connectivity index (χ0n) is 16.1. The molecule has 29 heavy (non-hydrogen) atoms. The summed E-state index contributed by atoms with van der Waals surface area (Å²) < 4.78 is 59.8. The zero-order chi connectivity index (χ0) is 22.1. The van der Waals surface area contributed by atoms with Gasteiger partial charge in [0.1, 0.15) is 11.4 Å². The number of ether oxygens (including phenoxy) is 1. The highest BCUT2D eigenvalue weighted by Gasteiger charge is 2.34. The van der Waals surface area contributed by atoms with Crippen molar-refractivity contribution in [2.75, 3.05) is 5.01 Å². The molecule has 0 bridgehead atoms. The molecule has 0 fully saturated rings. The molecule has 0 saturated heterocycles. The number of anilines is 1. The van der Waals surface area contributed by atoms with Gasteiger partial charge in [-0.05, 0) is 27.7 Å². The minimum atomic E-state index is -1.84. The summed E-state index contributed by atoms with van der Waals surface area (Å²) in [6.45, 7) is 6.45. The van der Waals surface area contributed by atoms with Crippen molar-refractivity contribution in [2.45, 2.75) is 52.2 Å². The van der Waals surface area contributed by atoms with E-state index in [1.54, 1.807) is 20.8 Å². The minimum Gasteiger partial charge on any atom is -0.448 e. The topological polar surface area (TPSA) is 88.1 Å². The third kappa shape index (κ3) is 5.09. The lowest BCUT2D eigenvalue weighted by molar-refractivity contribution is -0.149. The van der Waals surface area contributed by atoms with E-state index in [1.165, 1.54) is 6.92 Å². The van der Waals surface area contributed by atoms with Gasteiger partial charge in [-0.25, -0.2) is 22.4 Å². The van der Waals surface area contributed by atoms with E-state index in [9.17, 15) is 31.9 Å². The lowest BCUT2D eigenvalue weighted by Gasteiger charge is -2.25. The number of esters is 1.